The van der Waals surface area contributed by atoms with Gasteiger partial charge in [-0.3, -0.25) is 4.79 Å². The van der Waals surface area contributed by atoms with Crippen LogP contribution in [0.15, 0.2) is 15.4 Å². The number of rotatable bonds is 3. The summed E-state index contributed by atoms with van der Waals surface area (Å²) in [4.78, 5) is 24.8. The molecule has 0 spiro atoms. The molecule has 2 aliphatic carbocycles. The minimum absolute atomic E-state index is 0.0172. The van der Waals surface area contributed by atoms with Crippen LogP contribution < -0.4 is 5.56 Å². The SMILES string of the molecule is Cc1nc(C2CCC2c2nc3c(cnn3C3CCC(F)(F)CC3)c(=O)[nH]2)oc1C. The molecule has 3 aromatic rings. The summed E-state index contributed by atoms with van der Waals surface area (Å²) in [5.41, 5.74) is 1.10. The number of nitrogens with zero attached hydrogens (tertiary/aromatic N) is 4. The van der Waals surface area contributed by atoms with Crippen LogP contribution in [0.25, 0.3) is 11.0 Å². The lowest BCUT2D eigenvalue weighted by molar-refractivity contribution is -0.0446. The number of hydrogen-bond acceptors (Lipinski definition) is 5. The number of aromatic nitrogens is 5. The fourth-order valence-electron chi connectivity index (χ4n) is 4.44. The molecule has 0 aliphatic heterocycles. The minimum Gasteiger partial charge on any atom is -0.445 e. The summed E-state index contributed by atoms with van der Waals surface area (Å²) < 4.78 is 34.5. The van der Waals surface area contributed by atoms with Crippen LogP contribution >= 0.6 is 0 Å². The zero-order chi connectivity index (χ0) is 20.3. The molecule has 9 heteroatoms. The molecule has 2 saturated carbocycles. The molecular weight excluding hydrogens is 380 g/mol. The second kappa shape index (κ2) is 6.47. The van der Waals surface area contributed by atoms with Gasteiger partial charge in [-0.1, -0.05) is 0 Å². The van der Waals surface area contributed by atoms with E-state index in [0.29, 0.717) is 35.6 Å². The van der Waals surface area contributed by atoms with E-state index in [9.17, 15) is 13.6 Å². The Balaban J connectivity index is 1.49. The molecule has 29 heavy (non-hydrogen) atoms. The van der Waals surface area contributed by atoms with Gasteiger partial charge < -0.3 is 9.40 Å². The molecule has 0 aromatic carbocycles. The first-order chi connectivity index (χ1) is 13.8. The maximum absolute atomic E-state index is 13.5. The van der Waals surface area contributed by atoms with Gasteiger partial charge in [-0.05, 0) is 39.5 Å². The summed E-state index contributed by atoms with van der Waals surface area (Å²) in [6.07, 6.45) is 3.61. The van der Waals surface area contributed by atoms with E-state index in [0.717, 1.165) is 24.3 Å². The van der Waals surface area contributed by atoms with Crippen molar-refractivity contribution in [1.82, 2.24) is 24.7 Å². The molecule has 0 radical (unpaired) electrons. The summed E-state index contributed by atoms with van der Waals surface area (Å²) in [5, 5.41) is 4.72. The third kappa shape index (κ3) is 3.07. The average molecular weight is 403 g/mol. The molecule has 154 valence electrons. The molecule has 2 aliphatic rings. The van der Waals surface area contributed by atoms with Gasteiger partial charge in [0.25, 0.3) is 5.56 Å². The number of alkyl halides is 2. The summed E-state index contributed by atoms with van der Waals surface area (Å²) in [6.45, 7) is 3.80. The number of hydrogen-bond donors (Lipinski definition) is 1. The quantitative estimate of drug-likeness (QED) is 0.710. The Bertz CT molecular complexity index is 1100. The van der Waals surface area contributed by atoms with E-state index in [1.165, 1.54) is 6.20 Å². The van der Waals surface area contributed by atoms with Crippen LogP contribution in [0.1, 0.15) is 79.6 Å². The summed E-state index contributed by atoms with van der Waals surface area (Å²) >= 11 is 0. The van der Waals surface area contributed by atoms with Crippen LogP contribution in [0, 0.1) is 13.8 Å². The molecule has 1 N–H and O–H groups in total. The van der Waals surface area contributed by atoms with Crippen molar-refractivity contribution in [2.75, 3.05) is 0 Å². The predicted molar refractivity (Wildman–Crippen MR) is 101 cm³/mol. The Labute approximate surface area is 165 Å². The molecular formula is C20H23F2N5O2. The highest BCUT2D eigenvalue weighted by Gasteiger charge is 2.40. The third-order valence-corrected chi connectivity index (χ3v) is 6.50. The van der Waals surface area contributed by atoms with Crippen molar-refractivity contribution >= 4 is 11.0 Å². The van der Waals surface area contributed by atoms with Gasteiger partial charge in [0, 0.05) is 24.7 Å². The van der Waals surface area contributed by atoms with Gasteiger partial charge in [0.15, 0.2) is 11.5 Å². The molecule has 3 heterocycles. The van der Waals surface area contributed by atoms with Crippen LogP contribution in [-0.4, -0.2) is 30.7 Å². The van der Waals surface area contributed by atoms with E-state index in [2.05, 4.69) is 15.1 Å². The van der Waals surface area contributed by atoms with Crippen LogP contribution in [-0.2, 0) is 0 Å². The zero-order valence-corrected chi connectivity index (χ0v) is 16.4. The molecule has 0 amide bonds. The Hall–Kier alpha value is -2.58. The molecule has 3 aromatic heterocycles. The zero-order valence-electron chi connectivity index (χ0n) is 16.4. The molecule has 0 saturated heterocycles. The van der Waals surface area contributed by atoms with Crippen molar-refractivity contribution in [3.63, 3.8) is 0 Å². The molecule has 2 unspecified atom stereocenters. The van der Waals surface area contributed by atoms with Gasteiger partial charge in [0.1, 0.15) is 17.0 Å². The standard InChI is InChI=1S/C20H23F2N5O2/c1-10-11(2)29-19(24-10)14-4-3-13(14)16-25-17-15(18(28)26-16)9-23-27(17)12-5-7-20(21,22)8-6-12/h9,12-14H,3-8H2,1-2H3,(H,25,26,28). The highest BCUT2D eigenvalue weighted by atomic mass is 19.3. The Morgan fingerprint density at radius 2 is 1.86 bits per heavy atom. The lowest BCUT2D eigenvalue weighted by Crippen LogP contribution is -2.28. The molecule has 5 rings (SSSR count). The Morgan fingerprint density at radius 1 is 1.14 bits per heavy atom. The van der Waals surface area contributed by atoms with E-state index >= 15 is 0 Å². The van der Waals surface area contributed by atoms with Crippen LogP contribution in [0.3, 0.4) is 0 Å². The average Bonchev–Trinajstić information content (AvgIpc) is 3.18. The second-order valence-electron chi connectivity index (χ2n) is 8.35. The summed E-state index contributed by atoms with van der Waals surface area (Å²) in [6, 6.07) is -0.163. The first kappa shape index (κ1) is 18.4. The first-order valence-electron chi connectivity index (χ1n) is 10.1. The number of oxazole rings is 1. The van der Waals surface area contributed by atoms with Gasteiger partial charge >= 0.3 is 0 Å². The van der Waals surface area contributed by atoms with Crippen molar-refractivity contribution < 1.29 is 13.2 Å². The van der Waals surface area contributed by atoms with E-state index in [1.807, 2.05) is 13.8 Å². The number of aromatic amines is 1. The van der Waals surface area contributed by atoms with E-state index in [-0.39, 0.29) is 36.3 Å². The molecule has 0 bridgehead atoms. The van der Waals surface area contributed by atoms with Crippen LogP contribution in [0.4, 0.5) is 8.78 Å². The molecule has 7 nitrogen and oxygen atoms in total. The largest absolute Gasteiger partial charge is 0.445 e. The van der Waals surface area contributed by atoms with E-state index in [4.69, 9.17) is 9.40 Å². The van der Waals surface area contributed by atoms with Gasteiger partial charge in [-0.15, -0.1) is 0 Å². The van der Waals surface area contributed by atoms with Gasteiger partial charge in [-0.2, -0.15) is 5.10 Å². The monoisotopic (exact) mass is 403 g/mol. The Morgan fingerprint density at radius 3 is 2.48 bits per heavy atom. The number of aryl methyl sites for hydroxylation is 2. The summed E-state index contributed by atoms with van der Waals surface area (Å²) in [5.74, 6) is -0.440. The first-order valence-corrected chi connectivity index (χ1v) is 10.1. The number of fused-ring (bicyclic) bond motifs is 1. The maximum atomic E-state index is 13.5. The van der Waals surface area contributed by atoms with Crippen LogP contribution in [0.2, 0.25) is 0 Å². The van der Waals surface area contributed by atoms with Gasteiger partial charge in [0.2, 0.25) is 5.92 Å². The fraction of sp³-hybridized carbons (Fsp3) is 0.600. The predicted octanol–water partition coefficient (Wildman–Crippen LogP) is 4.14. The maximum Gasteiger partial charge on any atom is 0.262 e. The third-order valence-electron chi connectivity index (χ3n) is 6.50. The smallest absolute Gasteiger partial charge is 0.262 e. The molecule has 2 fully saturated rings. The van der Waals surface area contributed by atoms with Crippen LogP contribution in [0.5, 0.6) is 0 Å². The van der Waals surface area contributed by atoms with E-state index < -0.39 is 5.92 Å². The minimum atomic E-state index is -2.61. The lowest BCUT2D eigenvalue weighted by Gasteiger charge is -2.33. The van der Waals surface area contributed by atoms with Crippen molar-refractivity contribution in [2.45, 2.75) is 76.2 Å². The number of halogens is 2. The highest BCUT2D eigenvalue weighted by molar-refractivity contribution is 5.73. The van der Waals surface area contributed by atoms with Crippen molar-refractivity contribution in [3.8, 4) is 0 Å². The van der Waals surface area contributed by atoms with E-state index in [1.54, 1.807) is 4.68 Å². The normalized spacial score (nSPS) is 24.7. The van der Waals surface area contributed by atoms with Crippen molar-refractivity contribution in [1.29, 1.82) is 0 Å². The number of H-pyrrole nitrogens is 1. The lowest BCUT2D eigenvalue weighted by atomic mass is 9.73. The van der Waals surface area contributed by atoms with Crippen molar-refractivity contribution in [3.05, 3.63) is 39.7 Å². The number of nitrogens with one attached hydrogen (secondary N) is 1. The van der Waals surface area contributed by atoms with Crippen molar-refractivity contribution in [2.24, 2.45) is 0 Å². The van der Waals surface area contributed by atoms with Gasteiger partial charge in [0.05, 0.1) is 17.9 Å². The summed E-state index contributed by atoms with van der Waals surface area (Å²) in [7, 11) is 0. The highest BCUT2D eigenvalue weighted by Crippen LogP contribution is 2.48. The fourth-order valence-corrected chi connectivity index (χ4v) is 4.44. The van der Waals surface area contributed by atoms with Gasteiger partial charge in [-0.25, -0.2) is 23.4 Å². The molecule has 2 atom stereocenters. The second-order valence-corrected chi connectivity index (χ2v) is 8.35. The topological polar surface area (TPSA) is 89.6 Å². The Kier molecular flexibility index (Phi) is 4.11.